The van der Waals surface area contributed by atoms with E-state index in [1.165, 1.54) is 19.2 Å². The Morgan fingerprint density at radius 3 is 2.78 bits per heavy atom. The van der Waals surface area contributed by atoms with E-state index >= 15 is 0 Å². The molecule has 2 aromatic rings. The van der Waals surface area contributed by atoms with Crippen LogP contribution in [0, 0.1) is 12.7 Å². The van der Waals surface area contributed by atoms with Crippen LogP contribution in [0.15, 0.2) is 36.4 Å². The molecule has 3 nitrogen and oxygen atoms in total. The molecule has 0 amide bonds. The fraction of sp³-hybridized carbons (Fsp3) is 0.143. The average Bonchev–Trinajstić information content (AvgIpc) is 2.40. The Morgan fingerprint density at radius 1 is 1.28 bits per heavy atom. The van der Waals surface area contributed by atoms with E-state index in [0.717, 1.165) is 5.56 Å². The van der Waals surface area contributed by atoms with Gasteiger partial charge in [-0.2, -0.15) is 0 Å². The van der Waals surface area contributed by atoms with Crippen molar-refractivity contribution >= 4 is 5.97 Å². The molecule has 0 spiro atoms. The number of rotatable bonds is 2. The number of hydrogen-bond acceptors (Lipinski definition) is 3. The van der Waals surface area contributed by atoms with Crippen molar-refractivity contribution in [2.45, 2.75) is 6.92 Å². The van der Waals surface area contributed by atoms with Gasteiger partial charge in [-0.1, -0.05) is 12.1 Å². The number of aromatic nitrogens is 1. The number of methoxy groups -OCH3 is 1. The molecule has 0 unspecified atom stereocenters. The third-order valence-electron chi connectivity index (χ3n) is 2.62. The number of aryl methyl sites for hydroxylation is 1. The van der Waals surface area contributed by atoms with E-state index in [1.807, 2.05) is 6.92 Å². The SMILES string of the molecule is COC(=O)c1cccc(-c2cc(F)ccc2C)n1. The van der Waals surface area contributed by atoms with E-state index in [1.54, 1.807) is 24.3 Å². The first-order valence-corrected chi connectivity index (χ1v) is 5.43. The van der Waals surface area contributed by atoms with Crippen LogP contribution >= 0.6 is 0 Å². The quantitative estimate of drug-likeness (QED) is 0.763. The Balaban J connectivity index is 2.51. The zero-order chi connectivity index (χ0) is 13.1. The van der Waals surface area contributed by atoms with E-state index < -0.39 is 5.97 Å². The minimum absolute atomic E-state index is 0.207. The second kappa shape index (κ2) is 4.96. The molecular weight excluding hydrogens is 233 g/mol. The lowest BCUT2D eigenvalue weighted by molar-refractivity contribution is 0.0594. The van der Waals surface area contributed by atoms with Crippen LogP contribution in [-0.2, 0) is 4.74 Å². The van der Waals surface area contributed by atoms with Gasteiger partial charge in [-0.15, -0.1) is 0 Å². The summed E-state index contributed by atoms with van der Waals surface area (Å²) >= 11 is 0. The first-order valence-electron chi connectivity index (χ1n) is 5.43. The third-order valence-corrected chi connectivity index (χ3v) is 2.62. The summed E-state index contributed by atoms with van der Waals surface area (Å²) in [5, 5.41) is 0. The molecule has 1 heterocycles. The van der Waals surface area contributed by atoms with Gasteiger partial charge in [0.1, 0.15) is 11.5 Å². The number of halogens is 1. The van der Waals surface area contributed by atoms with Crippen LogP contribution in [0.3, 0.4) is 0 Å². The van der Waals surface area contributed by atoms with E-state index in [2.05, 4.69) is 9.72 Å². The van der Waals surface area contributed by atoms with E-state index in [-0.39, 0.29) is 11.5 Å². The first kappa shape index (κ1) is 12.2. The average molecular weight is 245 g/mol. The number of esters is 1. The molecule has 0 N–H and O–H groups in total. The molecule has 1 aromatic heterocycles. The van der Waals surface area contributed by atoms with Crippen molar-refractivity contribution in [2.24, 2.45) is 0 Å². The summed E-state index contributed by atoms with van der Waals surface area (Å²) in [6, 6.07) is 9.45. The van der Waals surface area contributed by atoms with Crippen molar-refractivity contribution in [3.63, 3.8) is 0 Å². The Hall–Kier alpha value is -2.23. The largest absolute Gasteiger partial charge is 0.464 e. The van der Waals surface area contributed by atoms with Gasteiger partial charge in [0.25, 0.3) is 0 Å². The van der Waals surface area contributed by atoms with Crippen LogP contribution in [0.5, 0.6) is 0 Å². The maximum Gasteiger partial charge on any atom is 0.356 e. The second-order valence-corrected chi connectivity index (χ2v) is 3.86. The molecule has 92 valence electrons. The molecule has 0 saturated carbocycles. The molecule has 1 aromatic carbocycles. The second-order valence-electron chi connectivity index (χ2n) is 3.86. The predicted molar refractivity (Wildman–Crippen MR) is 65.7 cm³/mol. The van der Waals surface area contributed by atoms with Gasteiger partial charge >= 0.3 is 5.97 Å². The van der Waals surface area contributed by atoms with Gasteiger partial charge in [0, 0.05) is 5.56 Å². The molecule has 0 aliphatic rings. The summed E-state index contributed by atoms with van der Waals surface area (Å²) in [4.78, 5) is 15.6. The Kier molecular flexibility index (Phi) is 3.37. The Morgan fingerprint density at radius 2 is 2.06 bits per heavy atom. The van der Waals surface area contributed by atoms with Crippen LogP contribution in [-0.4, -0.2) is 18.1 Å². The van der Waals surface area contributed by atoms with Crippen LogP contribution in [0.4, 0.5) is 4.39 Å². The number of hydrogen-bond donors (Lipinski definition) is 0. The molecular formula is C14H12FNO2. The topological polar surface area (TPSA) is 39.2 Å². The predicted octanol–water partition coefficient (Wildman–Crippen LogP) is 2.98. The summed E-state index contributed by atoms with van der Waals surface area (Å²) in [5.41, 5.74) is 2.32. The van der Waals surface area contributed by atoms with Crippen molar-refractivity contribution in [3.8, 4) is 11.3 Å². The van der Waals surface area contributed by atoms with Crippen molar-refractivity contribution in [3.05, 3.63) is 53.5 Å². The molecule has 0 fully saturated rings. The highest BCUT2D eigenvalue weighted by atomic mass is 19.1. The highest BCUT2D eigenvalue weighted by Crippen LogP contribution is 2.22. The summed E-state index contributed by atoms with van der Waals surface area (Å²) in [6.07, 6.45) is 0. The molecule has 2 rings (SSSR count). The lowest BCUT2D eigenvalue weighted by Crippen LogP contribution is -2.04. The minimum atomic E-state index is -0.508. The van der Waals surface area contributed by atoms with E-state index in [4.69, 9.17) is 0 Å². The normalized spacial score (nSPS) is 10.2. The van der Waals surface area contributed by atoms with E-state index in [0.29, 0.717) is 11.3 Å². The fourth-order valence-electron chi connectivity index (χ4n) is 1.67. The number of pyridine rings is 1. The number of carbonyl (C=O) groups is 1. The fourth-order valence-corrected chi connectivity index (χ4v) is 1.67. The summed E-state index contributed by atoms with van der Waals surface area (Å²) < 4.78 is 17.8. The standard InChI is InChI=1S/C14H12FNO2/c1-9-6-7-10(15)8-11(9)12-4-3-5-13(16-12)14(17)18-2/h3-8H,1-2H3. The number of benzene rings is 1. The highest BCUT2D eigenvalue weighted by molar-refractivity contribution is 5.87. The highest BCUT2D eigenvalue weighted by Gasteiger charge is 2.10. The van der Waals surface area contributed by atoms with Gasteiger partial charge in [0.2, 0.25) is 0 Å². The minimum Gasteiger partial charge on any atom is -0.464 e. The van der Waals surface area contributed by atoms with Gasteiger partial charge in [0.15, 0.2) is 0 Å². The zero-order valence-corrected chi connectivity index (χ0v) is 10.1. The van der Waals surface area contributed by atoms with Gasteiger partial charge in [-0.25, -0.2) is 14.2 Å². The zero-order valence-electron chi connectivity index (χ0n) is 10.1. The number of nitrogens with zero attached hydrogens (tertiary/aromatic N) is 1. The molecule has 0 atom stereocenters. The first-order chi connectivity index (χ1) is 8.61. The summed E-state index contributed by atoms with van der Waals surface area (Å²) in [6.45, 7) is 1.86. The third kappa shape index (κ3) is 2.37. The van der Waals surface area contributed by atoms with Crippen molar-refractivity contribution in [2.75, 3.05) is 7.11 Å². The molecule has 0 bridgehead atoms. The maximum absolute atomic E-state index is 13.2. The Bertz CT molecular complexity index is 596. The maximum atomic E-state index is 13.2. The molecule has 0 aliphatic carbocycles. The molecule has 0 saturated heterocycles. The van der Waals surface area contributed by atoms with Gasteiger partial charge in [-0.3, -0.25) is 0 Å². The van der Waals surface area contributed by atoms with Crippen LogP contribution in [0.2, 0.25) is 0 Å². The van der Waals surface area contributed by atoms with Crippen LogP contribution in [0.25, 0.3) is 11.3 Å². The summed E-state index contributed by atoms with van der Waals surface area (Å²) in [5.74, 6) is -0.841. The van der Waals surface area contributed by atoms with E-state index in [9.17, 15) is 9.18 Å². The van der Waals surface area contributed by atoms with Crippen LogP contribution < -0.4 is 0 Å². The smallest absolute Gasteiger partial charge is 0.356 e. The lowest BCUT2D eigenvalue weighted by atomic mass is 10.0. The molecule has 0 radical (unpaired) electrons. The molecule has 18 heavy (non-hydrogen) atoms. The monoisotopic (exact) mass is 245 g/mol. The lowest BCUT2D eigenvalue weighted by Gasteiger charge is -2.06. The van der Waals surface area contributed by atoms with Gasteiger partial charge in [-0.05, 0) is 36.8 Å². The van der Waals surface area contributed by atoms with Crippen molar-refractivity contribution in [1.82, 2.24) is 4.98 Å². The summed E-state index contributed by atoms with van der Waals surface area (Å²) in [7, 11) is 1.30. The van der Waals surface area contributed by atoms with Crippen molar-refractivity contribution < 1.29 is 13.9 Å². The number of ether oxygens (including phenoxy) is 1. The van der Waals surface area contributed by atoms with Crippen molar-refractivity contribution in [1.29, 1.82) is 0 Å². The number of carbonyl (C=O) groups excluding carboxylic acids is 1. The molecule has 0 aliphatic heterocycles. The van der Waals surface area contributed by atoms with Crippen LogP contribution in [0.1, 0.15) is 16.1 Å². The molecule has 4 heteroatoms. The Labute approximate surface area is 104 Å². The van der Waals surface area contributed by atoms with Gasteiger partial charge in [0.05, 0.1) is 12.8 Å². The van der Waals surface area contributed by atoms with Gasteiger partial charge < -0.3 is 4.74 Å².